The van der Waals surface area contributed by atoms with Gasteiger partial charge in [0.2, 0.25) is 0 Å². The quantitative estimate of drug-likeness (QED) is 0.454. The Kier molecular flexibility index (Phi) is 3.80. The van der Waals surface area contributed by atoms with Crippen LogP contribution in [0.5, 0.6) is 0 Å². The Hall–Kier alpha value is -3.00. The first-order chi connectivity index (χ1) is 11.8. The van der Waals surface area contributed by atoms with Crippen LogP contribution in [0.2, 0.25) is 0 Å². The van der Waals surface area contributed by atoms with Gasteiger partial charge < -0.3 is 0 Å². The molecule has 3 aromatic carbocycles. The molecule has 24 heavy (non-hydrogen) atoms. The number of hydrogen-bond donors (Lipinski definition) is 0. The van der Waals surface area contributed by atoms with Crippen molar-refractivity contribution in [2.45, 2.75) is 13.0 Å². The highest BCUT2D eigenvalue weighted by atomic mass is 14.8. The molecule has 4 rings (SSSR count). The van der Waals surface area contributed by atoms with E-state index in [0.29, 0.717) is 0 Å². The fraction of sp³-hybridized carbons (Fsp3) is 0.0909. The first-order valence-electron chi connectivity index (χ1n) is 8.18. The van der Waals surface area contributed by atoms with Crippen LogP contribution in [-0.2, 0) is 0 Å². The molecule has 0 aliphatic heterocycles. The highest BCUT2D eigenvalue weighted by Gasteiger charge is 2.07. The number of para-hydroxylation sites is 1. The Labute approximate surface area is 141 Å². The fourth-order valence-electron chi connectivity index (χ4n) is 3.04. The molecule has 116 valence electrons. The monoisotopic (exact) mass is 310 g/mol. The number of benzene rings is 3. The molecule has 0 amide bonds. The molecule has 0 unspecified atom stereocenters. The average molecular weight is 310 g/mol. The molecule has 0 aliphatic rings. The summed E-state index contributed by atoms with van der Waals surface area (Å²) >= 11 is 0. The summed E-state index contributed by atoms with van der Waals surface area (Å²) in [7, 11) is 0. The van der Waals surface area contributed by atoms with E-state index in [9.17, 15) is 0 Å². The summed E-state index contributed by atoms with van der Waals surface area (Å²) in [5, 5.41) is 3.66. The van der Waals surface area contributed by atoms with Gasteiger partial charge in [-0.05, 0) is 35.4 Å². The minimum atomic E-state index is 0.0874. The molecule has 0 spiro atoms. The number of fused-ring (bicyclic) bond motifs is 2. The van der Waals surface area contributed by atoms with Crippen LogP contribution in [0.4, 0.5) is 0 Å². The van der Waals surface area contributed by atoms with Gasteiger partial charge in [0, 0.05) is 11.6 Å². The van der Waals surface area contributed by atoms with Gasteiger partial charge in [0.15, 0.2) is 0 Å². The van der Waals surface area contributed by atoms with E-state index in [1.165, 1.54) is 16.3 Å². The summed E-state index contributed by atoms with van der Waals surface area (Å²) in [5.41, 5.74) is 3.13. The lowest BCUT2D eigenvalue weighted by molar-refractivity contribution is 0.833. The van der Waals surface area contributed by atoms with E-state index >= 15 is 0 Å². The van der Waals surface area contributed by atoms with Crippen LogP contribution in [0, 0.1) is 0 Å². The lowest BCUT2D eigenvalue weighted by Gasteiger charge is -2.10. The predicted octanol–water partition coefficient (Wildman–Crippen LogP) is 5.57. The number of pyridine rings is 1. The highest BCUT2D eigenvalue weighted by Crippen LogP contribution is 2.26. The molecular weight excluding hydrogens is 292 g/mol. The Balaban J connectivity index is 1.66. The topological polar surface area (TPSA) is 25.2 Å². The summed E-state index contributed by atoms with van der Waals surface area (Å²) in [6, 6.07) is 27.2. The second kappa shape index (κ2) is 6.25. The fourth-order valence-corrected chi connectivity index (χ4v) is 3.04. The summed E-state index contributed by atoms with van der Waals surface area (Å²) in [4.78, 5) is 9.39. The van der Waals surface area contributed by atoms with Gasteiger partial charge in [0.05, 0.1) is 17.3 Å². The van der Waals surface area contributed by atoms with Gasteiger partial charge in [-0.2, -0.15) is 0 Å². The molecule has 2 nitrogen and oxygen atoms in total. The molecule has 1 heterocycles. The number of hydrogen-bond acceptors (Lipinski definition) is 2. The van der Waals surface area contributed by atoms with Crippen molar-refractivity contribution in [3.05, 3.63) is 90.1 Å². The van der Waals surface area contributed by atoms with Crippen molar-refractivity contribution in [2.24, 2.45) is 4.99 Å². The zero-order chi connectivity index (χ0) is 16.4. The molecular formula is C22H18N2. The second-order valence-electron chi connectivity index (χ2n) is 5.95. The normalized spacial score (nSPS) is 12.9. The maximum absolute atomic E-state index is 4.73. The summed E-state index contributed by atoms with van der Waals surface area (Å²) in [6.45, 7) is 2.12. The third-order valence-corrected chi connectivity index (χ3v) is 4.32. The van der Waals surface area contributed by atoms with Crippen molar-refractivity contribution >= 4 is 27.9 Å². The van der Waals surface area contributed by atoms with Crippen LogP contribution >= 0.6 is 0 Å². The summed E-state index contributed by atoms with van der Waals surface area (Å²) < 4.78 is 0. The SMILES string of the molecule is C[C@@H](N=Cc1ccc2ccccc2n1)c1cccc2ccccc12. The first kappa shape index (κ1) is 14.6. The summed E-state index contributed by atoms with van der Waals surface area (Å²) in [6.07, 6.45) is 1.87. The van der Waals surface area contributed by atoms with E-state index in [1.807, 2.05) is 30.5 Å². The third kappa shape index (κ3) is 2.79. The maximum Gasteiger partial charge on any atom is 0.0815 e. The number of aliphatic imine (C=N–C) groups is 1. The number of nitrogens with zero attached hydrogens (tertiary/aromatic N) is 2. The number of aromatic nitrogens is 1. The molecule has 0 bridgehead atoms. The third-order valence-electron chi connectivity index (χ3n) is 4.32. The lowest BCUT2D eigenvalue weighted by Crippen LogP contribution is -1.94. The van der Waals surface area contributed by atoms with Crippen molar-refractivity contribution in [3.63, 3.8) is 0 Å². The molecule has 0 radical (unpaired) electrons. The Morgan fingerprint density at radius 1 is 0.792 bits per heavy atom. The van der Waals surface area contributed by atoms with E-state index in [2.05, 4.69) is 66.5 Å². The molecule has 0 aliphatic carbocycles. The van der Waals surface area contributed by atoms with E-state index in [1.54, 1.807) is 0 Å². The van der Waals surface area contributed by atoms with E-state index in [4.69, 9.17) is 4.99 Å². The molecule has 0 saturated heterocycles. The van der Waals surface area contributed by atoms with Gasteiger partial charge in [-0.25, -0.2) is 4.98 Å². The van der Waals surface area contributed by atoms with Gasteiger partial charge in [-0.15, -0.1) is 0 Å². The minimum Gasteiger partial charge on any atom is -0.283 e. The Morgan fingerprint density at radius 3 is 2.46 bits per heavy atom. The second-order valence-corrected chi connectivity index (χ2v) is 5.95. The van der Waals surface area contributed by atoms with E-state index in [0.717, 1.165) is 16.6 Å². The molecule has 1 atom stereocenters. The zero-order valence-corrected chi connectivity index (χ0v) is 13.6. The Morgan fingerprint density at radius 2 is 1.54 bits per heavy atom. The molecule has 0 saturated carbocycles. The van der Waals surface area contributed by atoms with Crippen LogP contribution in [-0.4, -0.2) is 11.2 Å². The lowest BCUT2D eigenvalue weighted by atomic mass is 10.00. The van der Waals surface area contributed by atoms with Gasteiger partial charge in [0.1, 0.15) is 0 Å². The first-order valence-corrected chi connectivity index (χ1v) is 8.18. The molecule has 1 aromatic heterocycles. The van der Waals surface area contributed by atoms with Gasteiger partial charge in [0.25, 0.3) is 0 Å². The van der Waals surface area contributed by atoms with Gasteiger partial charge in [-0.3, -0.25) is 4.99 Å². The van der Waals surface area contributed by atoms with Crippen LogP contribution in [0.25, 0.3) is 21.7 Å². The van der Waals surface area contributed by atoms with Crippen LogP contribution < -0.4 is 0 Å². The number of rotatable bonds is 3. The molecule has 0 N–H and O–H groups in total. The average Bonchev–Trinajstić information content (AvgIpc) is 2.65. The van der Waals surface area contributed by atoms with E-state index in [-0.39, 0.29) is 6.04 Å². The summed E-state index contributed by atoms with van der Waals surface area (Å²) in [5.74, 6) is 0. The largest absolute Gasteiger partial charge is 0.283 e. The van der Waals surface area contributed by atoms with Crippen molar-refractivity contribution in [2.75, 3.05) is 0 Å². The van der Waals surface area contributed by atoms with Crippen molar-refractivity contribution in [1.82, 2.24) is 4.98 Å². The Bertz CT molecular complexity index is 1030. The van der Waals surface area contributed by atoms with Crippen LogP contribution in [0.1, 0.15) is 24.2 Å². The predicted molar refractivity (Wildman–Crippen MR) is 102 cm³/mol. The van der Waals surface area contributed by atoms with Crippen molar-refractivity contribution < 1.29 is 0 Å². The smallest absolute Gasteiger partial charge is 0.0815 e. The zero-order valence-electron chi connectivity index (χ0n) is 13.6. The van der Waals surface area contributed by atoms with Gasteiger partial charge >= 0.3 is 0 Å². The molecule has 4 aromatic rings. The van der Waals surface area contributed by atoms with Crippen LogP contribution in [0.15, 0.2) is 83.9 Å². The van der Waals surface area contributed by atoms with E-state index < -0.39 is 0 Å². The standard InChI is InChI=1S/C22H18N2/c1-16(20-11-6-9-17-7-2-4-10-21(17)20)23-15-19-14-13-18-8-3-5-12-22(18)24-19/h2-16H,1H3/t16-/m1/s1. The maximum atomic E-state index is 4.73. The molecule has 0 fully saturated rings. The van der Waals surface area contributed by atoms with Crippen LogP contribution in [0.3, 0.4) is 0 Å². The van der Waals surface area contributed by atoms with Crippen molar-refractivity contribution in [1.29, 1.82) is 0 Å². The molecule has 2 heteroatoms. The minimum absolute atomic E-state index is 0.0874. The van der Waals surface area contributed by atoms with Gasteiger partial charge in [-0.1, -0.05) is 66.7 Å². The van der Waals surface area contributed by atoms with Crippen molar-refractivity contribution in [3.8, 4) is 0 Å². The highest BCUT2D eigenvalue weighted by molar-refractivity contribution is 5.87.